The van der Waals surface area contributed by atoms with E-state index in [0.717, 1.165) is 11.1 Å². The molecule has 0 aliphatic carbocycles. The summed E-state index contributed by atoms with van der Waals surface area (Å²) in [5.74, 6) is 0.582. The van der Waals surface area contributed by atoms with E-state index in [1.165, 1.54) is 0 Å². The van der Waals surface area contributed by atoms with Crippen molar-refractivity contribution in [2.45, 2.75) is 20.3 Å². The van der Waals surface area contributed by atoms with Crippen LogP contribution in [-0.4, -0.2) is 10.9 Å². The Kier molecular flexibility index (Phi) is 5.65. The number of carbonyl (C=O) groups is 1. The Morgan fingerprint density at radius 2 is 1.50 bits per heavy atom. The van der Waals surface area contributed by atoms with Gasteiger partial charge in [0.25, 0.3) is 0 Å². The van der Waals surface area contributed by atoms with Crippen LogP contribution in [0.5, 0.6) is 5.75 Å². The number of carbonyl (C=O) groups excluding carboxylic acids is 1. The fraction of sp³-hybridized carbons (Fsp3) is 0.188. The standard InChI is InChI=1S/C12H10O.C4H8O/c13-12-9-5-4-8-11(12)10-6-2-1-3-7-10;1-3-4(2)5/h1-9,13H;3H2,1-2H3. The molecular formula is C16H18O2. The zero-order chi connectivity index (χ0) is 13.4. The molecule has 2 aromatic rings. The van der Waals surface area contributed by atoms with Gasteiger partial charge in [0.1, 0.15) is 11.5 Å². The lowest BCUT2D eigenvalue weighted by Crippen LogP contribution is -1.80. The molecule has 0 bridgehead atoms. The van der Waals surface area contributed by atoms with Gasteiger partial charge in [0.15, 0.2) is 0 Å². The van der Waals surface area contributed by atoms with E-state index in [4.69, 9.17) is 0 Å². The normalized spacial score (nSPS) is 9.22. The molecular weight excluding hydrogens is 224 g/mol. The second-order valence-electron chi connectivity index (χ2n) is 3.94. The molecule has 0 aromatic heterocycles. The van der Waals surface area contributed by atoms with Gasteiger partial charge in [0.2, 0.25) is 0 Å². The first-order valence-electron chi connectivity index (χ1n) is 5.98. The number of benzene rings is 2. The summed E-state index contributed by atoms with van der Waals surface area (Å²) in [6.07, 6.45) is 0.667. The van der Waals surface area contributed by atoms with Crippen LogP contribution in [0.25, 0.3) is 11.1 Å². The molecule has 0 heterocycles. The van der Waals surface area contributed by atoms with E-state index in [0.29, 0.717) is 12.2 Å². The number of aromatic hydroxyl groups is 1. The zero-order valence-corrected chi connectivity index (χ0v) is 10.8. The smallest absolute Gasteiger partial charge is 0.129 e. The zero-order valence-electron chi connectivity index (χ0n) is 10.8. The van der Waals surface area contributed by atoms with Gasteiger partial charge in [-0.15, -0.1) is 0 Å². The average molecular weight is 242 g/mol. The maximum atomic E-state index is 9.81. The van der Waals surface area contributed by atoms with Gasteiger partial charge in [-0.1, -0.05) is 55.5 Å². The Bertz CT molecular complexity index is 489. The minimum atomic E-state index is 0.255. The maximum absolute atomic E-state index is 9.81. The molecule has 2 aromatic carbocycles. The van der Waals surface area contributed by atoms with Crippen molar-refractivity contribution >= 4 is 5.78 Å². The summed E-state index contributed by atoms with van der Waals surface area (Å²) in [5, 5.41) is 9.56. The number of ketones is 1. The number of hydrogen-bond acceptors (Lipinski definition) is 2. The van der Waals surface area contributed by atoms with Crippen LogP contribution in [0.15, 0.2) is 54.6 Å². The van der Waals surface area contributed by atoms with Crippen molar-refractivity contribution in [1.82, 2.24) is 0 Å². The fourth-order valence-electron chi connectivity index (χ4n) is 1.34. The molecule has 2 nitrogen and oxygen atoms in total. The molecule has 0 saturated carbocycles. The van der Waals surface area contributed by atoms with Gasteiger partial charge in [0, 0.05) is 12.0 Å². The molecule has 2 heteroatoms. The third-order valence-corrected chi connectivity index (χ3v) is 2.49. The van der Waals surface area contributed by atoms with E-state index in [1.54, 1.807) is 13.0 Å². The largest absolute Gasteiger partial charge is 0.507 e. The van der Waals surface area contributed by atoms with Crippen molar-refractivity contribution in [3.63, 3.8) is 0 Å². The Morgan fingerprint density at radius 1 is 1.00 bits per heavy atom. The lowest BCUT2D eigenvalue weighted by atomic mass is 10.1. The van der Waals surface area contributed by atoms with Crippen molar-refractivity contribution < 1.29 is 9.90 Å². The summed E-state index contributed by atoms with van der Waals surface area (Å²) in [6, 6.07) is 17.2. The first-order valence-corrected chi connectivity index (χ1v) is 5.98. The lowest BCUT2D eigenvalue weighted by molar-refractivity contribution is -0.116. The Morgan fingerprint density at radius 3 is 2.00 bits per heavy atom. The SMILES string of the molecule is CCC(C)=O.Oc1ccccc1-c1ccccc1. The molecule has 0 atom stereocenters. The van der Waals surface area contributed by atoms with Crippen molar-refractivity contribution in [2.24, 2.45) is 0 Å². The van der Waals surface area contributed by atoms with E-state index in [9.17, 15) is 9.90 Å². The Balaban J connectivity index is 0.000000280. The number of rotatable bonds is 2. The summed E-state index contributed by atoms with van der Waals surface area (Å²) >= 11 is 0. The van der Waals surface area contributed by atoms with Gasteiger partial charge in [-0.3, -0.25) is 0 Å². The average Bonchev–Trinajstić information content (AvgIpc) is 2.41. The molecule has 0 unspecified atom stereocenters. The van der Waals surface area contributed by atoms with E-state index < -0.39 is 0 Å². The van der Waals surface area contributed by atoms with Crippen LogP contribution in [-0.2, 0) is 4.79 Å². The lowest BCUT2D eigenvalue weighted by Gasteiger charge is -2.02. The molecule has 0 fully saturated rings. The first-order chi connectivity index (χ1) is 8.65. The molecule has 94 valence electrons. The summed E-state index contributed by atoms with van der Waals surface area (Å²) in [7, 11) is 0. The molecule has 0 radical (unpaired) electrons. The minimum Gasteiger partial charge on any atom is -0.507 e. The van der Waals surface area contributed by atoms with Crippen LogP contribution in [0.2, 0.25) is 0 Å². The molecule has 1 N–H and O–H groups in total. The second kappa shape index (κ2) is 7.28. The molecule has 2 rings (SSSR count). The number of phenols is 1. The predicted octanol–water partition coefficient (Wildman–Crippen LogP) is 4.04. The number of Topliss-reactive ketones (excluding diaryl/α,β-unsaturated/α-hetero) is 1. The molecule has 0 spiro atoms. The molecule has 0 aliphatic rings. The van der Waals surface area contributed by atoms with Crippen LogP contribution in [0.1, 0.15) is 20.3 Å². The summed E-state index contributed by atoms with van der Waals surface area (Å²) in [4.78, 5) is 9.81. The third kappa shape index (κ3) is 4.42. The molecule has 0 saturated heterocycles. The van der Waals surface area contributed by atoms with Crippen LogP contribution in [0, 0.1) is 0 Å². The van der Waals surface area contributed by atoms with Gasteiger partial charge < -0.3 is 9.90 Å². The highest BCUT2D eigenvalue weighted by atomic mass is 16.3. The van der Waals surface area contributed by atoms with E-state index >= 15 is 0 Å². The number of para-hydroxylation sites is 1. The van der Waals surface area contributed by atoms with Gasteiger partial charge >= 0.3 is 0 Å². The highest BCUT2D eigenvalue weighted by molar-refractivity contribution is 5.74. The maximum Gasteiger partial charge on any atom is 0.129 e. The van der Waals surface area contributed by atoms with Crippen LogP contribution >= 0.6 is 0 Å². The van der Waals surface area contributed by atoms with Crippen LogP contribution in [0.3, 0.4) is 0 Å². The van der Waals surface area contributed by atoms with Gasteiger partial charge in [0.05, 0.1) is 0 Å². The van der Waals surface area contributed by atoms with Gasteiger partial charge in [-0.05, 0) is 18.6 Å². The first kappa shape index (κ1) is 14.0. The van der Waals surface area contributed by atoms with E-state index in [1.807, 2.05) is 55.5 Å². The molecule has 0 aliphatic heterocycles. The summed E-state index contributed by atoms with van der Waals surface area (Å²) < 4.78 is 0. The van der Waals surface area contributed by atoms with Gasteiger partial charge in [-0.25, -0.2) is 0 Å². The van der Waals surface area contributed by atoms with Crippen molar-refractivity contribution in [1.29, 1.82) is 0 Å². The Labute approximate surface area is 108 Å². The van der Waals surface area contributed by atoms with Crippen molar-refractivity contribution in [3.8, 4) is 16.9 Å². The highest BCUT2D eigenvalue weighted by Crippen LogP contribution is 2.27. The Hall–Kier alpha value is -2.09. The third-order valence-electron chi connectivity index (χ3n) is 2.49. The quantitative estimate of drug-likeness (QED) is 0.862. The van der Waals surface area contributed by atoms with Crippen molar-refractivity contribution in [2.75, 3.05) is 0 Å². The molecule has 18 heavy (non-hydrogen) atoms. The van der Waals surface area contributed by atoms with Crippen LogP contribution < -0.4 is 0 Å². The topological polar surface area (TPSA) is 37.3 Å². The molecule has 0 amide bonds. The monoisotopic (exact) mass is 242 g/mol. The second-order valence-corrected chi connectivity index (χ2v) is 3.94. The van der Waals surface area contributed by atoms with E-state index in [2.05, 4.69) is 0 Å². The van der Waals surface area contributed by atoms with Gasteiger partial charge in [-0.2, -0.15) is 0 Å². The minimum absolute atomic E-state index is 0.255. The summed E-state index contributed by atoms with van der Waals surface area (Å²) in [5.41, 5.74) is 1.92. The predicted molar refractivity (Wildman–Crippen MR) is 74.5 cm³/mol. The highest BCUT2D eigenvalue weighted by Gasteiger charge is 2.00. The number of hydrogen-bond donors (Lipinski definition) is 1. The fourth-order valence-corrected chi connectivity index (χ4v) is 1.34. The van der Waals surface area contributed by atoms with E-state index in [-0.39, 0.29) is 5.78 Å². The van der Waals surface area contributed by atoms with Crippen LogP contribution in [0.4, 0.5) is 0 Å². The van der Waals surface area contributed by atoms with Crippen molar-refractivity contribution in [3.05, 3.63) is 54.6 Å². The summed E-state index contributed by atoms with van der Waals surface area (Å²) in [6.45, 7) is 3.43. The number of phenolic OH excluding ortho intramolecular Hbond substituents is 1.